The standard InChI is InChI=1S/C32H30NOP/c1-5-17-27(18-6-1)31(33-25-26-15-13-14-16-26)32(28-19-7-2-8-20-28)34-35(29-21-9-3-10-22-29)30-23-11-4-12-24-30/h1-15,17-24,31-33H,16,25H2/t31-,32+/m0/s1. The van der Waals surface area contributed by atoms with Gasteiger partial charge in [-0.15, -0.1) is 0 Å². The minimum Gasteiger partial charge on any atom is -0.340 e. The van der Waals surface area contributed by atoms with Gasteiger partial charge in [0.2, 0.25) is 0 Å². The second kappa shape index (κ2) is 11.9. The summed E-state index contributed by atoms with van der Waals surface area (Å²) < 4.78 is 7.21. The van der Waals surface area contributed by atoms with Crippen LogP contribution in [0, 0.1) is 0 Å². The van der Waals surface area contributed by atoms with Crippen molar-refractivity contribution in [1.82, 2.24) is 5.32 Å². The summed E-state index contributed by atoms with van der Waals surface area (Å²) in [4.78, 5) is 0. The summed E-state index contributed by atoms with van der Waals surface area (Å²) in [5.41, 5.74) is 3.79. The van der Waals surface area contributed by atoms with Gasteiger partial charge in [-0.3, -0.25) is 0 Å². The fourth-order valence-corrected chi connectivity index (χ4v) is 6.29. The molecule has 2 nitrogen and oxygen atoms in total. The monoisotopic (exact) mass is 475 g/mol. The molecule has 174 valence electrons. The van der Waals surface area contributed by atoms with E-state index in [1.54, 1.807) is 0 Å². The number of allylic oxidation sites excluding steroid dienone is 3. The smallest absolute Gasteiger partial charge is 0.107 e. The lowest BCUT2D eigenvalue weighted by molar-refractivity contribution is 0.180. The summed E-state index contributed by atoms with van der Waals surface area (Å²) in [6.07, 6.45) is 7.41. The summed E-state index contributed by atoms with van der Waals surface area (Å²) in [6, 6.07) is 42.6. The fourth-order valence-electron chi connectivity index (χ4n) is 4.39. The van der Waals surface area contributed by atoms with Crippen molar-refractivity contribution in [1.29, 1.82) is 0 Å². The average molecular weight is 476 g/mol. The molecule has 2 atom stereocenters. The molecule has 0 bridgehead atoms. The van der Waals surface area contributed by atoms with E-state index >= 15 is 0 Å². The van der Waals surface area contributed by atoms with Crippen molar-refractivity contribution in [2.75, 3.05) is 6.54 Å². The first-order valence-corrected chi connectivity index (χ1v) is 13.4. The van der Waals surface area contributed by atoms with Crippen LogP contribution in [-0.4, -0.2) is 6.54 Å². The van der Waals surface area contributed by atoms with Crippen LogP contribution >= 0.6 is 8.15 Å². The highest BCUT2D eigenvalue weighted by atomic mass is 31.1. The number of hydrogen-bond acceptors (Lipinski definition) is 2. The molecule has 35 heavy (non-hydrogen) atoms. The van der Waals surface area contributed by atoms with Gasteiger partial charge >= 0.3 is 0 Å². The van der Waals surface area contributed by atoms with Gasteiger partial charge in [-0.05, 0) is 17.5 Å². The number of benzene rings is 4. The number of nitrogens with one attached hydrogen (secondary N) is 1. The van der Waals surface area contributed by atoms with Crippen molar-refractivity contribution in [3.63, 3.8) is 0 Å². The number of hydrogen-bond donors (Lipinski definition) is 1. The summed E-state index contributed by atoms with van der Waals surface area (Å²) in [5.74, 6) is 0. The lowest BCUT2D eigenvalue weighted by Crippen LogP contribution is -2.31. The Hall–Kier alpha value is -3.29. The molecule has 1 aliphatic carbocycles. The molecule has 0 heterocycles. The Labute approximate surface area is 209 Å². The van der Waals surface area contributed by atoms with E-state index in [4.69, 9.17) is 4.52 Å². The minimum absolute atomic E-state index is 0.00229. The summed E-state index contributed by atoms with van der Waals surface area (Å²) in [6.45, 7) is 0.827. The van der Waals surface area contributed by atoms with E-state index < -0.39 is 8.15 Å². The van der Waals surface area contributed by atoms with Crippen molar-refractivity contribution in [3.05, 3.63) is 156 Å². The molecule has 0 aliphatic heterocycles. The molecule has 4 aromatic carbocycles. The summed E-state index contributed by atoms with van der Waals surface area (Å²) >= 11 is 0. The van der Waals surface area contributed by atoms with E-state index in [1.165, 1.54) is 27.3 Å². The molecule has 0 radical (unpaired) electrons. The molecular formula is C32H30NOP. The third-order valence-electron chi connectivity index (χ3n) is 6.19. The maximum Gasteiger partial charge on any atom is 0.107 e. The predicted molar refractivity (Wildman–Crippen MR) is 148 cm³/mol. The second-order valence-corrected chi connectivity index (χ2v) is 10.5. The molecule has 0 aromatic heterocycles. The van der Waals surface area contributed by atoms with Crippen LogP contribution in [0.15, 0.2) is 145 Å². The largest absolute Gasteiger partial charge is 0.340 e. The molecule has 5 rings (SSSR count). The molecule has 1 aliphatic rings. The zero-order valence-electron chi connectivity index (χ0n) is 19.7. The van der Waals surface area contributed by atoms with Gasteiger partial charge in [0.15, 0.2) is 0 Å². The van der Waals surface area contributed by atoms with Crippen LogP contribution in [0.2, 0.25) is 0 Å². The highest BCUT2D eigenvalue weighted by Gasteiger charge is 2.30. The zero-order valence-corrected chi connectivity index (χ0v) is 20.6. The molecule has 0 spiro atoms. The first-order valence-electron chi connectivity index (χ1n) is 12.1. The highest BCUT2D eigenvalue weighted by Crippen LogP contribution is 2.45. The Kier molecular flexibility index (Phi) is 7.98. The van der Waals surface area contributed by atoms with E-state index in [-0.39, 0.29) is 12.1 Å². The van der Waals surface area contributed by atoms with Crippen molar-refractivity contribution in [2.24, 2.45) is 0 Å². The summed E-state index contributed by atoms with van der Waals surface area (Å²) in [5, 5.41) is 6.29. The maximum atomic E-state index is 7.21. The van der Waals surface area contributed by atoms with Crippen molar-refractivity contribution in [3.8, 4) is 0 Å². The Bertz CT molecular complexity index is 1200. The van der Waals surface area contributed by atoms with E-state index in [1.807, 2.05) is 0 Å². The van der Waals surface area contributed by atoms with E-state index in [9.17, 15) is 0 Å². The predicted octanol–water partition coefficient (Wildman–Crippen LogP) is 7.01. The van der Waals surface area contributed by atoms with Crippen molar-refractivity contribution >= 4 is 18.8 Å². The first kappa shape index (κ1) is 23.5. The minimum atomic E-state index is -1.02. The van der Waals surface area contributed by atoms with Gasteiger partial charge in [0, 0.05) is 17.2 Å². The van der Waals surface area contributed by atoms with Gasteiger partial charge in [0.1, 0.15) is 6.10 Å². The molecule has 0 saturated carbocycles. The topological polar surface area (TPSA) is 21.3 Å². The van der Waals surface area contributed by atoms with Crippen LogP contribution in [-0.2, 0) is 4.52 Å². The Morgan fingerprint density at radius 2 is 1.17 bits per heavy atom. The molecule has 0 fully saturated rings. The third kappa shape index (κ3) is 6.05. The molecule has 0 unspecified atom stereocenters. The van der Waals surface area contributed by atoms with Crippen LogP contribution in [0.5, 0.6) is 0 Å². The highest BCUT2D eigenvalue weighted by molar-refractivity contribution is 7.68. The molecule has 1 N–H and O–H groups in total. The Balaban J connectivity index is 1.55. The van der Waals surface area contributed by atoms with E-state index in [0.29, 0.717) is 0 Å². The average Bonchev–Trinajstić information content (AvgIpc) is 3.46. The second-order valence-electron chi connectivity index (χ2n) is 8.63. The van der Waals surface area contributed by atoms with Crippen LogP contribution in [0.1, 0.15) is 29.7 Å². The molecule has 4 aromatic rings. The van der Waals surface area contributed by atoms with Crippen LogP contribution in [0.3, 0.4) is 0 Å². The Morgan fingerprint density at radius 3 is 1.69 bits per heavy atom. The molecule has 3 heteroatoms. The normalized spacial score (nSPS) is 14.6. The van der Waals surface area contributed by atoms with Gasteiger partial charge in [0.25, 0.3) is 0 Å². The summed E-state index contributed by atoms with van der Waals surface area (Å²) in [7, 11) is -1.02. The van der Waals surface area contributed by atoms with Crippen LogP contribution < -0.4 is 15.9 Å². The molecular weight excluding hydrogens is 445 g/mol. The lowest BCUT2D eigenvalue weighted by atomic mass is 9.95. The van der Waals surface area contributed by atoms with Gasteiger partial charge in [-0.2, -0.15) is 0 Å². The van der Waals surface area contributed by atoms with Crippen molar-refractivity contribution in [2.45, 2.75) is 18.6 Å². The van der Waals surface area contributed by atoms with Crippen LogP contribution in [0.25, 0.3) is 0 Å². The van der Waals surface area contributed by atoms with Gasteiger partial charge < -0.3 is 9.84 Å². The van der Waals surface area contributed by atoms with E-state index in [0.717, 1.165) is 13.0 Å². The van der Waals surface area contributed by atoms with Crippen molar-refractivity contribution < 1.29 is 4.52 Å². The molecule has 0 saturated heterocycles. The van der Waals surface area contributed by atoms with Crippen LogP contribution in [0.4, 0.5) is 0 Å². The third-order valence-corrected chi connectivity index (χ3v) is 8.16. The van der Waals surface area contributed by atoms with E-state index in [2.05, 4.69) is 145 Å². The maximum absolute atomic E-state index is 7.21. The quantitative estimate of drug-likeness (QED) is 0.249. The first-order chi connectivity index (χ1) is 17.4. The van der Waals surface area contributed by atoms with Gasteiger partial charge in [-0.1, -0.05) is 145 Å². The lowest BCUT2D eigenvalue weighted by Gasteiger charge is -2.33. The molecule has 0 amide bonds. The fraction of sp³-hybridized carbons (Fsp3) is 0.125. The zero-order chi connectivity index (χ0) is 23.7. The SMILES string of the molecule is C1=CCC(CN[C@@H](c2ccccc2)[C@H](OP(c2ccccc2)c2ccccc2)c2ccccc2)=C1. The van der Waals surface area contributed by atoms with Gasteiger partial charge in [-0.25, -0.2) is 0 Å². The Morgan fingerprint density at radius 1 is 0.657 bits per heavy atom. The van der Waals surface area contributed by atoms with Gasteiger partial charge in [0.05, 0.1) is 14.2 Å². The number of rotatable bonds is 10.